The number of amides is 1. The van der Waals surface area contributed by atoms with Crippen LogP contribution < -0.4 is 5.32 Å². The van der Waals surface area contributed by atoms with Crippen LogP contribution in [0.15, 0.2) is 48.7 Å². The first-order valence-corrected chi connectivity index (χ1v) is 13.0. The first-order chi connectivity index (χ1) is 17.4. The van der Waals surface area contributed by atoms with Crippen LogP contribution in [-0.4, -0.2) is 35.8 Å². The van der Waals surface area contributed by atoms with Gasteiger partial charge in [0, 0.05) is 23.7 Å². The van der Waals surface area contributed by atoms with Crippen LogP contribution in [0, 0.1) is 35.4 Å². The first-order valence-electron chi connectivity index (χ1n) is 13.0. The van der Waals surface area contributed by atoms with Gasteiger partial charge in [-0.05, 0) is 87.1 Å². The number of pyridine rings is 1. The van der Waals surface area contributed by atoms with Gasteiger partial charge in [0.2, 0.25) is 0 Å². The molecule has 36 heavy (non-hydrogen) atoms. The van der Waals surface area contributed by atoms with Gasteiger partial charge in [-0.2, -0.15) is 0 Å². The van der Waals surface area contributed by atoms with E-state index < -0.39 is 0 Å². The predicted molar refractivity (Wildman–Crippen MR) is 134 cm³/mol. The third-order valence-electron chi connectivity index (χ3n) is 8.18. The van der Waals surface area contributed by atoms with Gasteiger partial charge in [0.15, 0.2) is 0 Å². The third kappa shape index (κ3) is 5.01. The van der Waals surface area contributed by atoms with Crippen molar-refractivity contribution in [2.75, 3.05) is 6.61 Å². The molecular formula is C29H33FN2O4. The van der Waals surface area contributed by atoms with E-state index in [0.29, 0.717) is 18.4 Å². The smallest absolute Gasteiger partial charge is 0.407 e. The van der Waals surface area contributed by atoms with Gasteiger partial charge in [-0.3, -0.25) is 9.78 Å². The highest BCUT2D eigenvalue weighted by Crippen LogP contribution is 2.53. The average Bonchev–Trinajstić information content (AvgIpc) is 3.15. The molecule has 2 heterocycles. The van der Waals surface area contributed by atoms with Gasteiger partial charge in [0.05, 0.1) is 18.2 Å². The third-order valence-corrected chi connectivity index (χ3v) is 8.18. The van der Waals surface area contributed by atoms with E-state index in [4.69, 9.17) is 9.47 Å². The van der Waals surface area contributed by atoms with Gasteiger partial charge >= 0.3 is 12.1 Å². The molecule has 3 fully saturated rings. The maximum absolute atomic E-state index is 13.6. The Kier molecular flexibility index (Phi) is 7.08. The van der Waals surface area contributed by atoms with Crippen LogP contribution in [0.1, 0.15) is 45.2 Å². The van der Waals surface area contributed by atoms with Gasteiger partial charge in [-0.15, -0.1) is 0 Å². The molecule has 1 aromatic heterocycles. The van der Waals surface area contributed by atoms with Gasteiger partial charge in [0.1, 0.15) is 11.9 Å². The summed E-state index contributed by atoms with van der Waals surface area (Å²) >= 11 is 0. The Labute approximate surface area is 211 Å². The Morgan fingerprint density at radius 2 is 2.08 bits per heavy atom. The summed E-state index contributed by atoms with van der Waals surface area (Å²) in [6.07, 6.45) is 9.07. The van der Waals surface area contributed by atoms with E-state index >= 15 is 0 Å². The second-order valence-electron chi connectivity index (χ2n) is 10.3. The lowest BCUT2D eigenvalue weighted by molar-refractivity contribution is -0.144. The van der Waals surface area contributed by atoms with Crippen LogP contribution in [-0.2, 0) is 14.3 Å². The van der Waals surface area contributed by atoms with Gasteiger partial charge in [0.25, 0.3) is 0 Å². The molecule has 0 unspecified atom stereocenters. The minimum atomic E-state index is -0.368. The largest absolute Gasteiger partial charge is 0.462 e. The Bertz CT molecular complexity index is 1130. The van der Waals surface area contributed by atoms with Gasteiger partial charge < -0.3 is 14.8 Å². The summed E-state index contributed by atoms with van der Waals surface area (Å²) in [6.45, 7) is 4.15. The lowest BCUT2D eigenvalue weighted by atomic mass is 9.57. The molecule has 1 aromatic carbocycles. The number of benzene rings is 1. The number of rotatable bonds is 5. The number of allylic oxidation sites excluding steroid dienone is 1. The van der Waals surface area contributed by atoms with Crippen molar-refractivity contribution in [1.82, 2.24) is 10.3 Å². The van der Waals surface area contributed by atoms with Crippen molar-refractivity contribution < 1.29 is 23.5 Å². The van der Waals surface area contributed by atoms with Crippen LogP contribution in [0.2, 0.25) is 0 Å². The number of esters is 1. The molecule has 0 bridgehead atoms. The van der Waals surface area contributed by atoms with Crippen molar-refractivity contribution in [2.45, 2.75) is 51.7 Å². The number of fused-ring (bicyclic) bond motifs is 2. The molecule has 1 amide bonds. The number of cyclic esters (lactones) is 1. The number of nitrogens with zero attached hydrogens (tertiary/aromatic N) is 1. The van der Waals surface area contributed by atoms with Gasteiger partial charge in [-0.25, -0.2) is 9.18 Å². The monoisotopic (exact) mass is 492 g/mol. The average molecular weight is 493 g/mol. The summed E-state index contributed by atoms with van der Waals surface area (Å²) in [6, 6.07) is 10.4. The molecule has 2 saturated carbocycles. The highest BCUT2D eigenvalue weighted by molar-refractivity contribution is 5.75. The summed E-state index contributed by atoms with van der Waals surface area (Å²) in [5, 5.41) is 3.00. The summed E-state index contributed by atoms with van der Waals surface area (Å²) in [7, 11) is 0. The summed E-state index contributed by atoms with van der Waals surface area (Å²) < 4.78 is 24.3. The van der Waals surface area contributed by atoms with E-state index in [1.54, 1.807) is 19.2 Å². The van der Waals surface area contributed by atoms with Crippen LogP contribution in [0.25, 0.3) is 17.2 Å². The Balaban J connectivity index is 1.34. The molecule has 2 aromatic rings. The van der Waals surface area contributed by atoms with Crippen molar-refractivity contribution in [2.24, 2.45) is 29.6 Å². The van der Waals surface area contributed by atoms with E-state index in [2.05, 4.69) is 16.4 Å². The number of halogens is 1. The van der Waals surface area contributed by atoms with Crippen molar-refractivity contribution in [3.05, 3.63) is 60.2 Å². The molecule has 5 rings (SSSR count). The first kappa shape index (κ1) is 24.5. The molecule has 0 spiro atoms. The number of nitrogens with one attached hydrogen (secondary N) is 1. The van der Waals surface area contributed by atoms with Crippen LogP contribution in [0.5, 0.6) is 0 Å². The highest BCUT2D eigenvalue weighted by atomic mass is 19.1. The second-order valence-corrected chi connectivity index (χ2v) is 10.3. The predicted octanol–water partition coefficient (Wildman–Crippen LogP) is 5.63. The van der Waals surface area contributed by atoms with Crippen LogP contribution in [0.3, 0.4) is 0 Å². The minimum absolute atomic E-state index is 0.0679. The van der Waals surface area contributed by atoms with E-state index in [1.807, 2.05) is 31.2 Å². The van der Waals surface area contributed by atoms with Gasteiger partial charge in [-0.1, -0.05) is 24.3 Å². The van der Waals surface area contributed by atoms with E-state index in [9.17, 15) is 14.0 Å². The van der Waals surface area contributed by atoms with Crippen molar-refractivity contribution in [3.8, 4) is 11.1 Å². The molecule has 7 heteroatoms. The SMILES string of the molecule is CCOC(=O)N[C@@H]1CC[C@@H]2[C@@H](C1)C[C@@H]1C(=O)O[C@H](C)[C@H]1[C@H]2C=Cc1ccc(-c2cccc(F)c2)cn1. The minimum Gasteiger partial charge on any atom is -0.462 e. The lowest BCUT2D eigenvalue weighted by Gasteiger charge is -2.47. The number of carbonyl (C=O) groups excluding carboxylic acids is 2. The normalized spacial score (nSPS) is 31.4. The maximum Gasteiger partial charge on any atom is 0.407 e. The quantitative estimate of drug-likeness (QED) is 0.548. The number of ether oxygens (including phenoxy) is 2. The molecule has 1 N–H and O–H groups in total. The second kappa shape index (κ2) is 10.4. The molecule has 2 aliphatic carbocycles. The molecule has 190 valence electrons. The molecule has 3 aliphatic rings. The number of hydrogen-bond donors (Lipinski definition) is 1. The van der Waals surface area contributed by atoms with E-state index in [1.165, 1.54) is 12.1 Å². The van der Waals surface area contributed by atoms with Crippen LogP contribution in [0.4, 0.5) is 9.18 Å². The van der Waals surface area contributed by atoms with Crippen molar-refractivity contribution in [1.29, 1.82) is 0 Å². The Morgan fingerprint density at radius 1 is 1.22 bits per heavy atom. The zero-order valence-electron chi connectivity index (χ0n) is 20.7. The summed E-state index contributed by atoms with van der Waals surface area (Å²) in [4.78, 5) is 29.2. The lowest BCUT2D eigenvalue weighted by Crippen LogP contribution is -2.48. The van der Waals surface area contributed by atoms with Crippen molar-refractivity contribution >= 4 is 18.1 Å². The summed E-state index contributed by atoms with van der Waals surface area (Å²) in [5.41, 5.74) is 2.48. The zero-order valence-corrected chi connectivity index (χ0v) is 20.7. The van der Waals surface area contributed by atoms with Crippen molar-refractivity contribution in [3.63, 3.8) is 0 Å². The Morgan fingerprint density at radius 3 is 2.83 bits per heavy atom. The number of carbonyl (C=O) groups is 2. The standard InChI is InChI=1S/C29H33FN2O4/c1-3-35-29(34)32-23-10-11-24-20(14-23)15-26-27(17(2)36-28(26)33)25(24)12-9-22-8-7-19(16-31-22)18-5-4-6-21(30)13-18/h4-9,12-13,16-17,20,23-27H,3,10-11,14-15H2,1-2H3,(H,32,34)/t17-,20+,23-,24-,25+,26+,27+/m1/s1. The van der Waals surface area contributed by atoms with E-state index in [-0.39, 0.29) is 47.8 Å². The Hall–Kier alpha value is -3.22. The topological polar surface area (TPSA) is 77.5 Å². The fraction of sp³-hybridized carbons (Fsp3) is 0.483. The van der Waals surface area contributed by atoms with E-state index in [0.717, 1.165) is 42.5 Å². The molecule has 7 atom stereocenters. The molecule has 1 aliphatic heterocycles. The molecule has 6 nitrogen and oxygen atoms in total. The molecule has 1 saturated heterocycles. The molecular weight excluding hydrogens is 459 g/mol. The number of aromatic nitrogens is 1. The zero-order chi connectivity index (χ0) is 25.2. The fourth-order valence-corrected chi connectivity index (χ4v) is 6.64. The summed E-state index contributed by atoms with van der Waals surface area (Å²) in [5.74, 6) is 0.629. The molecule has 0 radical (unpaired) electrons. The highest BCUT2D eigenvalue weighted by Gasteiger charge is 2.54. The maximum atomic E-state index is 13.6. The number of alkyl carbamates (subject to hydrolysis) is 1. The fourth-order valence-electron chi connectivity index (χ4n) is 6.64. The van der Waals surface area contributed by atoms with Crippen LogP contribution >= 0.6 is 0 Å². The number of hydrogen-bond acceptors (Lipinski definition) is 5.